The van der Waals surface area contributed by atoms with Gasteiger partial charge in [0.05, 0.1) is 12.2 Å². The van der Waals surface area contributed by atoms with Gasteiger partial charge in [-0.15, -0.1) is 15.3 Å². The summed E-state index contributed by atoms with van der Waals surface area (Å²) >= 11 is 1.29. The first-order valence-corrected chi connectivity index (χ1v) is 6.66. The predicted molar refractivity (Wildman–Crippen MR) is 69.2 cm³/mol. The fourth-order valence-corrected chi connectivity index (χ4v) is 2.03. The van der Waals surface area contributed by atoms with Crippen molar-refractivity contribution in [1.82, 2.24) is 25.1 Å². The van der Waals surface area contributed by atoms with Crippen molar-refractivity contribution in [1.29, 1.82) is 0 Å². The summed E-state index contributed by atoms with van der Waals surface area (Å²) in [5, 5.41) is 15.4. The molecule has 2 heterocycles. The van der Waals surface area contributed by atoms with Gasteiger partial charge in [-0.25, -0.2) is 0 Å². The van der Waals surface area contributed by atoms with E-state index in [1.54, 1.807) is 0 Å². The minimum Gasteiger partial charge on any atom is -0.418 e. The van der Waals surface area contributed by atoms with Crippen molar-refractivity contribution in [2.45, 2.75) is 46.2 Å². The number of aryl methyl sites for hydroxylation is 1. The first-order valence-electron chi connectivity index (χ1n) is 5.88. The van der Waals surface area contributed by atoms with E-state index in [1.807, 2.05) is 6.92 Å². The number of hydrogen-bond donors (Lipinski definition) is 1. The Bertz CT molecular complexity index is 513. The van der Waals surface area contributed by atoms with Gasteiger partial charge in [0.15, 0.2) is 0 Å². The second kappa shape index (κ2) is 5.11. The molecule has 98 valence electrons. The molecule has 7 heteroatoms. The molecule has 2 aromatic rings. The van der Waals surface area contributed by atoms with Gasteiger partial charge in [-0.05, 0) is 38.7 Å². The van der Waals surface area contributed by atoms with Crippen molar-refractivity contribution in [3.8, 4) is 10.8 Å². The van der Waals surface area contributed by atoms with Crippen LogP contribution < -0.4 is 5.32 Å². The maximum Gasteiger partial charge on any atom is 0.261 e. The van der Waals surface area contributed by atoms with Crippen molar-refractivity contribution in [2.24, 2.45) is 0 Å². The Hall–Kier alpha value is -1.34. The molecule has 0 aliphatic heterocycles. The van der Waals surface area contributed by atoms with Gasteiger partial charge in [0.25, 0.3) is 5.89 Å². The summed E-state index contributed by atoms with van der Waals surface area (Å²) in [7, 11) is 0. The van der Waals surface area contributed by atoms with Crippen molar-refractivity contribution in [3.63, 3.8) is 0 Å². The van der Waals surface area contributed by atoms with Gasteiger partial charge < -0.3 is 9.73 Å². The van der Waals surface area contributed by atoms with Crippen LogP contribution in [-0.4, -0.2) is 25.3 Å². The van der Waals surface area contributed by atoms with Crippen LogP contribution in [0, 0.1) is 0 Å². The van der Waals surface area contributed by atoms with Crippen LogP contribution in [0.2, 0.25) is 0 Å². The summed E-state index contributed by atoms with van der Waals surface area (Å²) in [4.78, 5) is 0.868. The largest absolute Gasteiger partial charge is 0.418 e. The Morgan fingerprint density at radius 1 is 1.22 bits per heavy atom. The second-order valence-corrected chi connectivity index (χ2v) is 5.76. The molecule has 0 saturated carbocycles. The highest BCUT2D eigenvalue weighted by atomic mass is 32.1. The average molecular weight is 267 g/mol. The molecular formula is C11H17N5OS. The number of nitrogens with zero attached hydrogens (tertiary/aromatic N) is 4. The molecule has 0 amide bonds. The Kier molecular flexibility index (Phi) is 3.72. The minimum atomic E-state index is 0.0231. The fourth-order valence-electron chi connectivity index (χ4n) is 1.36. The molecule has 0 aliphatic rings. The summed E-state index contributed by atoms with van der Waals surface area (Å²) in [5.41, 5.74) is 0.925. The van der Waals surface area contributed by atoms with Gasteiger partial charge in [0.1, 0.15) is 4.88 Å². The van der Waals surface area contributed by atoms with Gasteiger partial charge in [-0.2, -0.15) is 0 Å². The average Bonchev–Trinajstić information content (AvgIpc) is 2.93. The molecule has 0 unspecified atom stereocenters. The van der Waals surface area contributed by atoms with E-state index in [0.717, 1.165) is 17.0 Å². The monoisotopic (exact) mass is 267 g/mol. The summed E-state index contributed by atoms with van der Waals surface area (Å²) in [6, 6.07) is 0. The number of aromatic nitrogens is 4. The van der Waals surface area contributed by atoms with Crippen LogP contribution in [0.15, 0.2) is 4.42 Å². The van der Waals surface area contributed by atoms with E-state index in [1.165, 1.54) is 11.5 Å². The van der Waals surface area contributed by atoms with E-state index in [-0.39, 0.29) is 5.54 Å². The van der Waals surface area contributed by atoms with Crippen LogP contribution in [0.25, 0.3) is 10.8 Å². The number of nitrogens with one attached hydrogen (secondary N) is 1. The quantitative estimate of drug-likeness (QED) is 0.913. The molecule has 2 aromatic heterocycles. The molecule has 0 aromatic carbocycles. The summed E-state index contributed by atoms with van der Waals surface area (Å²) in [5.74, 6) is 1.09. The number of rotatable bonds is 4. The maximum atomic E-state index is 5.61. The van der Waals surface area contributed by atoms with E-state index >= 15 is 0 Å². The van der Waals surface area contributed by atoms with Crippen LogP contribution >= 0.6 is 11.5 Å². The Morgan fingerprint density at radius 2 is 2.00 bits per heavy atom. The zero-order chi connectivity index (χ0) is 13.2. The molecule has 1 N–H and O–H groups in total. The lowest BCUT2D eigenvalue weighted by Gasteiger charge is -2.18. The van der Waals surface area contributed by atoms with Gasteiger partial charge in [-0.1, -0.05) is 11.4 Å². The van der Waals surface area contributed by atoms with Crippen molar-refractivity contribution in [2.75, 3.05) is 0 Å². The van der Waals surface area contributed by atoms with Crippen LogP contribution in [0.5, 0.6) is 0 Å². The lowest BCUT2D eigenvalue weighted by molar-refractivity contribution is 0.384. The van der Waals surface area contributed by atoms with Crippen molar-refractivity contribution < 1.29 is 4.42 Å². The van der Waals surface area contributed by atoms with Crippen LogP contribution in [0.3, 0.4) is 0 Å². The SMILES string of the molecule is CCc1nnsc1-c1nnc(CNC(C)(C)C)o1. The van der Waals surface area contributed by atoms with E-state index < -0.39 is 0 Å². The lowest BCUT2D eigenvalue weighted by Crippen LogP contribution is -2.35. The zero-order valence-electron chi connectivity index (χ0n) is 11.0. The van der Waals surface area contributed by atoms with Crippen molar-refractivity contribution >= 4 is 11.5 Å². The third kappa shape index (κ3) is 3.11. The third-order valence-corrected chi connectivity index (χ3v) is 3.08. The van der Waals surface area contributed by atoms with Gasteiger partial charge in [0, 0.05) is 5.54 Å². The van der Waals surface area contributed by atoms with Gasteiger partial charge in [-0.3, -0.25) is 0 Å². The van der Waals surface area contributed by atoms with Crippen LogP contribution in [0.1, 0.15) is 39.3 Å². The van der Waals surface area contributed by atoms with Gasteiger partial charge in [0.2, 0.25) is 5.89 Å². The lowest BCUT2D eigenvalue weighted by atomic mass is 10.1. The Morgan fingerprint density at radius 3 is 2.67 bits per heavy atom. The Balaban J connectivity index is 2.11. The molecule has 0 radical (unpaired) electrons. The van der Waals surface area contributed by atoms with Crippen LogP contribution in [0.4, 0.5) is 0 Å². The van der Waals surface area contributed by atoms with Gasteiger partial charge >= 0.3 is 0 Å². The van der Waals surface area contributed by atoms with Crippen molar-refractivity contribution in [3.05, 3.63) is 11.6 Å². The molecule has 6 nitrogen and oxygen atoms in total. The fraction of sp³-hybridized carbons (Fsp3) is 0.636. The molecule has 0 fully saturated rings. The zero-order valence-corrected chi connectivity index (χ0v) is 11.8. The van der Waals surface area contributed by atoms with E-state index in [9.17, 15) is 0 Å². The van der Waals surface area contributed by atoms with E-state index in [2.05, 4.69) is 45.9 Å². The molecule has 0 spiro atoms. The minimum absolute atomic E-state index is 0.0231. The van der Waals surface area contributed by atoms with E-state index in [4.69, 9.17) is 4.42 Å². The summed E-state index contributed by atoms with van der Waals surface area (Å²) in [6.45, 7) is 8.86. The first-order chi connectivity index (χ1) is 8.49. The Labute approximate surface area is 110 Å². The highest BCUT2D eigenvalue weighted by molar-refractivity contribution is 7.09. The standard InChI is InChI=1S/C11H17N5OS/c1-5-7-9(18-16-13-7)10-15-14-8(17-10)6-12-11(2,3)4/h12H,5-6H2,1-4H3. The molecule has 0 saturated heterocycles. The van der Waals surface area contributed by atoms with E-state index in [0.29, 0.717) is 18.3 Å². The molecule has 0 aliphatic carbocycles. The molecule has 0 bridgehead atoms. The highest BCUT2D eigenvalue weighted by Crippen LogP contribution is 2.25. The second-order valence-electron chi connectivity index (χ2n) is 5.01. The summed E-state index contributed by atoms with van der Waals surface area (Å²) < 4.78 is 9.52. The molecule has 2 rings (SSSR count). The number of hydrogen-bond acceptors (Lipinski definition) is 7. The maximum absolute atomic E-state index is 5.61. The first kappa shape index (κ1) is 13.1. The molecular weight excluding hydrogens is 250 g/mol. The third-order valence-electron chi connectivity index (χ3n) is 2.32. The highest BCUT2D eigenvalue weighted by Gasteiger charge is 2.17. The molecule has 18 heavy (non-hydrogen) atoms. The molecule has 0 atom stereocenters. The normalized spacial score (nSPS) is 12.0. The topological polar surface area (TPSA) is 76.7 Å². The summed E-state index contributed by atoms with van der Waals surface area (Å²) in [6.07, 6.45) is 0.809. The predicted octanol–water partition coefficient (Wildman–Crippen LogP) is 2.04. The smallest absolute Gasteiger partial charge is 0.261 e. The van der Waals surface area contributed by atoms with Crippen LogP contribution in [-0.2, 0) is 13.0 Å².